The lowest BCUT2D eigenvalue weighted by atomic mass is 9.71. The topological polar surface area (TPSA) is 42.2 Å². The van der Waals surface area contributed by atoms with Crippen LogP contribution in [0, 0.1) is 29.1 Å². The molecule has 6 rings (SSSR count). The van der Waals surface area contributed by atoms with Crippen molar-refractivity contribution in [3.63, 3.8) is 0 Å². The zero-order chi connectivity index (χ0) is 23.9. The molecule has 2 atom stereocenters. The molecule has 1 aliphatic carbocycles. The molecule has 3 aromatic rings. The van der Waals surface area contributed by atoms with Crippen molar-refractivity contribution < 1.29 is 37.9 Å². The number of likely N-dealkylation sites (N-methyl/N-ethyl adjacent to an activating group) is 1. The van der Waals surface area contributed by atoms with Gasteiger partial charge in [-0.3, -0.25) is 0 Å². The monoisotopic (exact) mass is 592 g/mol. The standard InChI is InChI=1S/C31H33N2O2.HI/c1-2-33(16-15-23-13-14-29-30(17-23)35-22-34-29)19-27-26(28(27)20-33)18-31(21-32,24-9-5-3-6-10-24)25-11-7-4-8-12-25;/h3-14,17,26-28H,2,15-16,18-20,22H2,1H3;1H/q+1;/p-1. The summed E-state index contributed by atoms with van der Waals surface area (Å²) < 4.78 is 12.2. The lowest BCUT2D eigenvalue weighted by molar-refractivity contribution is -0.920. The maximum atomic E-state index is 10.6. The van der Waals surface area contributed by atoms with E-state index in [0.717, 1.165) is 53.8 Å². The van der Waals surface area contributed by atoms with Gasteiger partial charge in [0.25, 0.3) is 0 Å². The first-order valence-corrected chi connectivity index (χ1v) is 12.9. The number of halogens is 1. The van der Waals surface area contributed by atoms with Crippen LogP contribution in [0.1, 0.15) is 30.0 Å². The zero-order valence-corrected chi connectivity index (χ0v) is 22.9. The molecule has 0 spiro atoms. The molecule has 3 aromatic carbocycles. The third kappa shape index (κ3) is 4.39. The number of piperidine rings is 1. The van der Waals surface area contributed by atoms with Crippen LogP contribution in [0.25, 0.3) is 0 Å². The number of nitriles is 1. The van der Waals surface area contributed by atoms with Gasteiger partial charge >= 0.3 is 0 Å². The highest BCUT2D eigenvalue weighted by Gasteiger charge is 2.64. The van der Waals surface area contributed by atoms with Crippen molar-refractivity contribution in [2.45, 2.75) is 25.2 Å². The van der Waals surface area contributed by atoms with Crippen LogP contribution in [0.4, 0.5) is 0 Å². The van der Waals surface area contributed by atoms with E-state index in [1.165, 1.54) is 29.7 Å². The van der Waals surface area contributed by atoms with Crippen molar-refractivity contribution in [3.05, 3.63) is 95.6 Å². The molecule has 186 valence electrons. The van der Waals surface area contributed by atoms with Crippen LogP contribution in [0.5, 0.6) is 11.5 Å². The highest BCUT2D eigenvalue weighted by atomic mass is 127. The molecule has 4 nitrogen and oxygen atoms in total. The maximum absolute atomic E-state index is 10.6. The van der Waals surface area contributed by atoms with Crippen molar-refractivity contribution >= 4 is 0 Å². The highest BCUT2D eigenvalue weighted by Crippen LogP contribution is 2.59. The van der Waals surface area contributed by atoms with Gasteiger partial charge in [0.15, 0.2) is 11.5 Å². The minimum atomic E-state index is -0.577. The largest absolute Gasteiger partial charge is 1.00 e. The second kappa shape index (κ2) is 10.1. The Kier molecular flexibility index (Phi) is 7.02. The summed E-state index contributed by atoms with van der Waals surface area (Å²) in [6.07, 6.45) is 1.98. The maximum Gasteiger partial charge on any atom is 0.231 e. The molecule has 5 heteroatoms. The SMILES string of the molecule is CC[N+]1(CCc2ccc3c(c2)OCO3)CC2C(CC(C#N)(c3ccccc3)c3ccccc3)C2C1.[I-]. The summed E-state index contributed by atoms with van der Waals surface area (Å²) in [7, 11) is 0. The van der Waals surface area contributed by atoms with Crippen LogP contribution in [-0.4, -0.2) is 37.5 Å². The quantitative estimate of drug-likeness (QED) is 0.299. The zero-order valence-electron chi connectivity index (χ0n) is 20.8. The van der Waals surface area contributed by atoms with E-state index >= 15 is 0 Å². The van der Waals surface area contributed by atoms with E-state index in [-0.39, 0.29) is 24.0 Å². The van der Waals surface area contributed by atoms with Gasteiger partial charge in [0.1, 0.15) is 5.41 Å². The third-order valence-corrected chi connectivity index (χ3v) is 8.95. The summed E-state index contributed by atoms with van der Waals surface area (Å²) in [6, 6.07) is 30.0. The molecule has 0 aromatic heterocycles. The summed E-state index contributed by atoms with van der Waals surface area (Å²) in [4.78, 5) is 0. The van der Waals surface area contributed by atoms with Crippen LogP contribution in [0.15, 0.2) is 78.9 Å². The first-order valence-electron chi connectivity index (χ1n) is 12.9. The number of hydrogen-bond acceptors (Lipinski definition) is 3. The second-order valence-corrected chi connectivity index (χ2v) is 10.6. The van der Waals surface area contributed by atoms with E-state index in [0.29, 0.717) is 12.7 Å². The van der Waals surface area contributed by atoms with Crippen LogP contribution in [0.3, 0.4) is 0 Å². The molecule has 2 aliphatic heterocycles. The molecule has 0 bridgehead atoms. The molecule has 36 heavy (non-hydrogen) atoms. The fourth-order valence-corrected chi connectivity index (χ4v) is 6.78. The molecule has 2 unspecified atom stereocenters. The van der Waals surface area contributed by atoms with Crippen LogP contribution in [-0.2, 0) is 11.8 Å². The minimum absolute atomic E-state index is 0. The molecule has 2 fully saturated rings. The van der Waals surface area contributed by atoms with E-state index in [2.05, 4.69) is 73.7 Å². The van der Waals surface area contributed by atoms with Gasteiger partial charge in [0.2, 0.25) is 6.79 Å². The Bertz CT molecular complexity index is 1190. The van der Waals surface area contributed by atoms with Gasteiger partial charge < -0.3 is 37.9 Å². The predicted octanol–water partition coefficient (Wildman–Crippen LogP) is 2.57. The molecule has 2 heterocycles. The van der Waals surface area contributed by atoms with E-state index in [9.17, 15) is 5.26 Å². The van der Waals surface area contributed by atoms with Crippen LogP contribution < -0.4 is 33.5 Å². The van der Waals surface area contributed by atoms with Gasteiger partial charge in [0.05, 0.1) is 32.2 Å². The fraction of sp³-hybridized carbons (Fsp3) is 0.387. The van der Waals surface area contributed by atoms with E-state index in [1.54, 1.807) is 0 Å². The average Bonchev–Trinajstić information content (AvgIpc) is 3.24. The van der Waals surface area contributed by atoms with Gasteiger partial charge in [0, 0.05) is 18.3 Å². The number of fused-ring (bicyclic) bond motifs is 2. The molecule has 1 saturated heterocycles. The first kappa shape index (κ1) is 25.1. The van der Waals surface area contributed by atoms with Crippen molar-refractivity contribution in [1.82, 2.24) is 0 Å². The van der Waals surface area contributed by atoms with Gasteiger partial charge in [-0.15, -0.1) is 0 Å². The second-order valence-electron chi connectivity index (χ2n) is 10.6. The lowest BCUT2D eigenvalue weighted by Gasteiger charge is -2.37. The van der Waals surface area contributed by atoms with Crippen molar-refractivity contribution in [3.8, 4) is 17.6 Å². The van der Waals surface area contributed by atoms with E-state index in [1.807, 2.05) is 18.2 Å². The van der Waals surface area contributed by atoms with Crippen LogP contribution >= 0.6 is 0 Å². The van der Waals surface area contributed by atoms with Crippen molar-refractivity contribution in [2.75, 3.05) is 33.0 Å². The number of ether oxygens (including phenoxy) is 2. The molecule has 1 saturated carbocycles. The van der Waals surface area contributed by atoms with E-state index in [4.69, 9.17) is 9.47 Å². The summed E-state index contributed by atoms with van der Waals surface area (Å²) in [5, 5.41) is 10.6. The number of quaternary nitrogens is 1. The molecule has 0 radical (unpaired) electrons. The van der Waals surface area contributed by atoms with Gasteiger partial charge in [-0.2, -0.15) is 5.26 Å². The first-order chi connectivity index (χ1) is 17.2. The number of rotatable bonds is 8. The lowest BCUT2D eigenvalue weighted by Crippen LogP contribution is -3.00. The summed E-state index contributed by atoms with van der Waals surface area (Å²) in [5.74, 6) is 3.82. The van der Waals surface area contributed by atoms with Gasteiger partial charge in [-0.05, 0) is 48.1 Å². The Morgan fingerprint density at radius 2 is 1.50 bits per heavy atom. The Morgan fingerprint density at radius 3 is 2.08 bits per heavy atom. The molecular weight excluding hydrogens is 559 g/mol. The van der Waals surface area contributed by atoms with E-state index < -0.39 is 5.41 Å². The highest BCUT2D eigenvalue weighted by molar-refractivity contribution is 5.47. The summed E-state index contributed by atoms with van der Waals surface area (Å²) in [6.45, 7) is 7.48. The number of hydrogen-bond donors (Lipinski definition) is 0. The number of likely N-dealkylation sites (tertiary alicyclic amines) is 1. The predicted molar refractivity (Wildman–Crippen MR) is 136 cm³/mol. The van der Waals surface area contributed by atoms with Crippen molar-refractivity contribution in [2.24, 2.45) is 17.8 Å². The minimum Gasteiger partial charge on any atom is -1.00 e. The van der Waals surface area contributed by atoms with Crippen molar-refractivity contribution in [1.29, 1.82) is 5.26 Å². The van der Waals surface area contributed by atoms with Crippen LogP contribution in [0.2, 0.25) is 0 Å². The average molecular weight is 593 g/mol. The Hall–Kier alpha value is -2.56. The Labute approximate surface area is 231 Å². The number of nitrogens with zero attached hydrogens (tertiary/aromatic N) is 2. The normalized spacial score (nSPS) is 25.5. The molecule has 0 N–H and O–H groups in total. The Morgan fingerprint density at radius 1 is 0.889 bits per heavy atom. The smallest absolute Gasteiger partial charge is 0.231 e. The molecule has 3 aliphatic rings. The fourth-order valence-electron chi connectivity index (χ4n) is 6.78. The summed E-state index contributed by atoms with van der Waals surface area (Å²) >= 11 is 0. The van der Waals surface area contributed by atoms with Gasteiger partial charge in [-0.1, -0.05) is 66.7 Å². The molecular formula is C31H33IN2O2. The number of benzene rings is 3. The Balaban J connectivity index is 0.00000267. The third-order valence-electron chi connectivity index (χ3n) is 8.95. The van der Waals surface area contributed by atoms with Gasteiger partial charge in [-0.25, -0.2) is 0 Å². The molecule has 0 amide bonds. The summed E-state index contributed by atoms with van der Waals surface area (Å²) in [5.41, 5.74) is 3.00.